The number of carbonyl (C=O) groups is 2. The second-order valence-electron chi connectivity index (χ2n) is 11.4. The number of nitrogens with one attached hydrogen (secondary N) is 1. The van der Waals surface area contributed by atoms with E-state index < -0.39 is 34.1 Å². The quantitative estimate of drug-likeness (QED) is 0.286. The Morgan fingerprint density at radius 2 is 1.52 bits per heavy atom. The molecule has 0 saturated heterocycles. The summed E-state index contributed by atoms with van der Waals surface area (Å²) >= 11 is 0. The zero-order chi connectivity index (χ0) is 32.7. The van der Waals surface area contributed by atoms with Crippen molar-refractivity contribution < 1.29 is 32.2 Å². The molecular weight excluding hydrogens is 582 g/mol. The highest BCUT2D eigenvalue weighted by Gasteiger charge is 2.35. The summed E-state index contributed by atoms with van der Waals surface area (Å²) in [6.45, 7) is 8.67. The molecule has 1 N–H and O–H groups in total. The number of sulfonamides is 1. The monoisotopic (exact) mass is 625 g/mol. The van der Waals surface area contributed by atoms with E-state index in [1.807, 2.05) is 40.7 Å². The number of hydrogen-bond acceptors (Lipinski definition) is 7. The summed E-state index contributed by atoms with van der Waals surface area (Å²) in [6.07, 6.45) is 0.296. The molecule has 1 unspecified atom stereocenters. The summed E-state index contributed by atoms with van der Waals surface area (Å²) in [5.41, 5.74) is 1.16. The lowest BCUT2D eigenvalue weighted by Gasteiger charge is -2.35. The maximum atomic E-state index is 14.4. The molecule has 3 aromatic rings. The minimum atomic E-state index is -4.29. The zero-order valence-corrected chi connectivity index (χ0v) is 27.5. The van der Waals surface area contributed by atoms with Crippen LogP contribution in [-0.4, -0.2) is 64.6 Å². The summed E-state index contributed by atoms with van der Waals surface area (Å²) in [6, 6.07) is 17.4. The van der Waals surface area contributed by atoms with E-state index in [4.69, 9.17) is 14.2 Å². The van der Waals surface area contributed by atoms with Crippen molar-refractivity contribution in [2.45, 2.75) is 64.1 Å². The highest BCUT2D eigenvalue weighted by Crippen LogP contribution is 2.36. The number of nitrogens with zero attached hydrogens (tertiary/aromatic N) is 2. The molecule has 10 nitrogen and oxygen atoms in total. The van der Waals surface area contributed by atoms with Gasteiger partial charge in [0.25, 0.3) is 10.0 Å². The molecule has 1 atom stereocenters. The van der Waals surface area contributed by atoms with Crippen LogP contribution in [0.1, 0.15) is 45.2 Å². The summed E-state index contributed by atoms with van der Waals surface area (Å²) in [7, 11) is 0.135. The van der Waals surface area contributed by atoms with Gasteiger partial charge in [-0.3, -0.25) is 13.9 Å². The van der Waals surface area contributed by atoms with Crippen molar-refractivity contribution >= 4 is 27.5 Å². The van der Waals surface area contributed by atoms with Crippen LogP contribution < -0.4 is 23.8 Å². The van der Waals surface area contributed by atoms with Crippen LogP contribution in [-0.2, 0) is 26.2 Å². The molecular formula is C33H43N3O7S. The van der Waals surface area contributed by atoms with Gasteiger partial charge in [0.15, 0.2) is 0 Å². The number of hydrogen-bond donors (Lipinski definition) is 1. The van der Waals surface area contributed by atoms with E-state index in [0.29, 0.717) is 23.5 Å². The van der Waals surface area contributed by atoms with Crippen molar-refractivity contribution in [3.05, 3.63) is 77.9 Å². The molecule has 0 aliphatic heterocycles. The van der Waals surface area contributed by atoms with Gasteiger partial charge in [0.1, 0.15) is 29.8 Å². The van der Waals surface area contributed by atoms with E-state index in [1.165, 1.54) is 37.3 Å². The lowest BCUT2D eigenvalue weighted by atomic mass is 10.1. The molecule has 0 bridgehead atoms. The van der Waals surface area contributed by atoms with E-state index in [0.717, 1.165) is 9.87 Å². The van der Waals surface area contributed by atoms with E-state index in [2.05, 4.69) is 5.32 Å². The molecule has 3 aromatic carbocycles. The second-order valence-corrected chi connectivity index (χ2v) is 13.3. The van der Waals surface area contributed by atoms with Crippen molar-refractivity contribution in [3.63, 3.8) is 0 Å². The average Bonchev–Trinajstić information content (AvgIpc) is 2.98. The number of aryl methyl sites for hydroxylation is 1. The Hall–Kier alpha value is -4.25. The second kappa shape index (κ2) is 14.5. The van der Waals surface area contributed by atoms with Crippen LogP contribution in [0.3, 0.4) is 0 Å². The van der Waals surface area contributed by atoms with Gasteiger partial charge in [0.2, 0.25) is 11.8 Å². The third-order valence-electron chi connectivity index (χ3n) is 6.91. The molecule has 0 saturated carbocycles. The SMILES string of the molecule is CCC(C(=O)NC(C)(C)C)N(Cc1cccc(OC)c1)C(=O)CN(c1cc(OC)ccc1OC)S(=O)(=O)c1ccc(C)cc1. The normalized spacial score (nSPS) is 12.2. The molecule has 0 aromatic heterocycles. The van der Waals surface area contributed by atoms with Crippen molar-refractivity contribution in [2.75, 3.05) is 32.2 Å². The molecule has 0 radical (unpaired) electrons. The van der Waals surface area contributed by atoms with Crippen molar-refractivity contribution in [1.82, 2.24) is 10.2 Å². The van der Waals surface area contributed by atoms with Gasteiger partial charge in [-0.15, -0.1) is 0 Å². The van der Waals surface area contributed by atoms with Gasteiger partial charge in [-0.05, 0) is 76.1 Å². The van der Waals surface area contributed by atoms with E-state index in [9.17, 15) is 18.0 Å². The Kier molecular flexibility index (Phi) is 11.3. The van der Waals surface area contributed by atoms with Gasteiger partial charge in [0, 0.05) is 18.2 Å². The molecule has 11 heteroatoms. The lowest BCUT2D eigenvalue weighted by Crippen LogP contribution is -2.55. The highest BCUT2D eigenvalue weighted by atomic mass is 32.2. The Morgan fingerprint density at radius 1 is 0.886 bits per heavy atom. The van der Waals surface area contributed by atoms with E-state index >= 15 is 0 Å². The van der Waals surface area contributed by atoms with Gasteiger partial charge >= 0.3 is 0 Å². The number of methoxy groups -OCH3 is 3. The maximum Gasteiger partial charge on any atom is 0.264 e. The first-order valence-electron chi connectivity index (χ1n) is 14.3. The van der Waals surface area contributed by atoms with Gasteiger partial charge < -0.3 is 24.4 Å². The fraction of sp³-hybridized carbons (Fsp3) is 0.394. The van der Waals surface area contributed by atoms with Crippen molar-refractivity contribution in [2.24, 2.45) is 0 Å². The summed E-state index contributed by atoms with van der Waals surface area (Å²) in [5, 5.41) is 2.97. The minimum Gasteiger partial charge on any atom is -0.497 e. The summed E-state index contributed by atoms with van der Waals surface area (Å²) < 4.78 is 45.8. The lowest BCUT2D eigenvalue weighted by molar-refractivity contribution is -0.141. The average molecular weight is 626 g/mol. The number of amides is 2. The Bertz CT molecular complexity index is 1550. The third kappa shape index (κ3) is 8.43. The topological polar surface area (TPSA) is 114 Å². The van der Waals surface area contributed by atoms with Gasteiger partial charge in [-0.2, -0.15) is 0 Å². The van der Waals surface area contributed by atoms with Gasteiger partial charge in [0.05, 0.1) is 31.9 Å². The standard InChI is InChI=1S/C33H43N3O7S/c1-9-28(32(38)34-33(3,4)5)35(21-24-11-10-12-25(19-24)41-6)31(37)22-36(29-20-26(42-7)15-18-30(29)43-8)44(39,40)27-16-13-23(2)14-17-27/h10-20,28H,9,21-22H2,1-8H3,(H,34,38). The first kappa shape index (κ1) is 34.2. The van der Waals surface area contributed by atoms with Crippen LogP contribution in [0.2, 0.25) is 0 Å². The predicted molar refractivity (Wildman–Crippen MR) is 171 cm³/mol. The smallest absolute Gasteiger partial charge is 0.264 e. The number of rotatable bonds is 13. The Labute approximate surface area is 261 Å². The molecule has 0 aliphatic rings. The molecule has 0 spiro atoms. The molecule has 238 valence electrons. The van der Waals surface area contributed by atoms with E-state index in [-0.39, 0.29) is 28.8 Å². The molecule has 0 heterocycles. The molecule has 44 heavy (non-hydrogen) atoms. The third-order valence-corrected chi connectivity index (χ3v) is 8.69. The largest absolute Gasteiger partial charge is 0.497 e. The maximum absolute atomic E-state index is 14.4. The van der Waals surface area contributed by atoms with E-state index in [1.54, 1.807) is 49.6 Å². The highest BCUT2D eigenvalue weighted by molar-refractivity contribution is 7.92. The minimum absolute atomic E-state index is 0.00219. The molecule has 0 aliphatic carbocycles. The molecule has 3 rings (SSSR count). The van der Waals surface area contributed by atoms with Crippen LogP contribution in [0.25, 0.3) is 0 Å². The fourth-order valence-corrected chi connectivity index (χ4v) is 6.10. The first-order chi connectivity index (χ1) is 20.7. The Morgan fingerprint density at radius 3 is 2.09 bits per heavy atom. The van der Waals surface area contributed by atoms with Crippen LogP contribution in [0.15, 0.2) is 71.6 Å². The van der Waals surface area contributed by atoms with Crippen molar-refractivity contribution in [1.29, 1.82) is 0 Å². The summed E-state index contributed by atoms with van der Waals surface area (Å²) in [4.78, 5) is 29.3. The van der Waals surface area contributed by atoms with Gasteiger partial charge in [-0.1, -0.05) is 36.8 Å². The van der Waals surface area contributed by atoms with Crippen LogP contribution in [0.4, 0.5) is 5.69 Å². The number of anilines is 1. The number of benzene rings is 3. The summed E-state index contributed by atoms with van der Waals surface area (Å²) in [5.74, 6) is 0.270. The fourth-order valence-electron chi connectivity index (χ4n) is 4.68. The van der Waals surface area contributed by atoms with Crippen molar-refractivity contribution in [3.8, 4) is 17.2 Å². The number of ether oxygens (including phenoxy) is 3. The zero-order valence-electron chi connectivity index (χ0n) is 26.7. The van der Waals surface area contributed by atoms with Crippen LogP contribution >= 0.6 is 0 Å². The van der Waals surface area contributed by atoms with Crippen LogP contribution in [0, 0.1) is 6.92 Å². The predicted octanol–water partition coefficient (Wildman–Crippen LogP) is 4.94. The first-order valence-corrected chi connectivity index (χ1v) is 15.7. The Balaban J connectivity index is 2.17. The number of carbonyl (C=O) groups excluding carboxylic acids is 2. The van der Waals surface area contributed by atoms with Gasteiger partial charge in [-0.25, -0.2) is 8.42 Å². The molecule has 0 fully saturated rings. The molecule has 2 amide bonds. The van der Waals surface area contributed by atoms with Crippen LogP contribution in [0.5, 0.6) is 17.2 Å².